The van der Waals surface area contributed by atoms with Crippen molar-refractivity contribution < 1.29 is 24.9 Å². The van der Waals surface area contributed by atoms with E-state index in [9.17, 15) is 4.79 Å². The number of aromatic nitrogens is 2. The normalized spacial score (nSPS) is 8.87. The van der Waals surface area contributed by atoms with Crippen molar-refractivity contribution in [2.24, 2.45) is 0 Å². The molecule has 0 atom stereocenters. The van der Waals surface area contributed by atoms with Crippen molar-refractivity contribution in [3.63, 3.8) is 0 Å². The number of carbonyl (C=O) groups excluding carboxylic acids is 1. The zero-order chi connectivity index (χ0) is 15.8. The van der Waals surface area contributed by atoms with E-state index >= 15 is 0 Å². The van der Waals surface area contributed by atoms with E-state index in [2.05, 4.69) is 22.1 Å². The molecule has 23 heavy (non-hydrogen) atoms. The van der Waals surface area contributed by atoms with Crippen molar-refractivity contribution in [2.75, 3.05) is 0 Å². The van der Waals surface area contributed by atoms with Crippen LogP contribution >= 0.6 is 0 Å². The molecule has 2 heterocycles. The van der Waals surface area contributed by atoms with E-state index < -0.39 is 0 Å². The van der Waals surface area contributed by atoms with Gasteiger partial charge >= 0.3 is 0 Å². The fourth-order valence-electron chi connectivity index (χ4n) is 1.71. The van der Waals surface area contributed by atoms with E-state index in [-0.39, 0.29) is 25.9 Å². The quantitative estimate of drug-likeness (QED) is 0.418. The van der Waals surface area contributed by atoms with Gasteiger partial charge in [-0.3, -0.25) is 9.78 Å². The van der Waals surface area contributed by atoms with Gasteiger partial charge in [0.1, 0.15) is 5.78 Å². The maximum atomic E-state index is 10.4. The second-order valence-corrected chi connectivity index (χ2v) is 4.38. The first kappa shape index (κ1) is 18.5. The third kappa shape index (κ3) is 5.63. The molecule has 0 fully saturated rings. The number of carbonyl (C=O) groups is 1. The molecule has 0 aliphatic carbocycles. The molecule has 5 heteroatoms. The second kappa shape index (κ2) is 9.47. The van der Waals surface area contributed by atoms with Gasteiger partial charge in [-0.2, -0.15) is 6.20 Å². The molecular weight excluding hydrogens is 466 g/mol. The number of pyridine rings is 1. The van der Waals surface area contributed by atoms with Crippen molar-refractivity contribution in [1.82, 2.24) is 9.97 Å². The molecule has 3 aromatic rings. The van der Waals surface area contributed by atoms with Gasteiger partial charge < -0.3 is 4.98 Å². The molecule has 3 rings (SSSR count). The summed E-state index contributed by atoms with van der Waals surface area (Å²) in [5, 5.41) is 8.71. The van der Waals surface area contributed by atoms with Crippen LogP contribution in [-0.4, -0.2) is 10.8 Å². The molecule has 0 saturated heterocycles. The third-order valence-corrected chi connectivity index (χ3v) is 2.77. The molecule has 0 aliphatic rings. The Morgan fingerprint density at radius 3 is 2.52 bits per heavy atom. The minimum atomic E-state index is 0. The number of hydrogen-bond donors (Lipinski definition) is 0. The van der Waals surface area contributed by atoms with Gasteiger partial charge in [-0.15, -0.1) is 24.3 Å². The van der Waals surface area contributed by atoms with Crippen molar-refractivity contribution in [3.05, 3.63) is 78.2 Å². The number of ketones is 1. The Hall–Kier alpha value is -2.54. The monoisotopic (exact) mass is 480 g/mol. The van der Waals surface area contributed by atoms with Gasteiger partial charge in [0.25, 0.3) is 0 Å². The van der Waals surface area contributed by atoms with Crippen LogP contribution in [0.15, 0.2) is 60.9 Å². The van der Waals surface area contributed by atoms with Crippen molar-refractivity contribution in [1.29, 1.82) is 5.26 Å². The van der Waals surface area contributed by atoms with E-state index in [1.807, 2.05) is 30.3 Å². The minimum absolute atomic E-state index is 0. The van der Waals surface area contributed by atoms with E-state index in [1.54, 1.807) is 30.6 Å². The average Bonchev–Trinajstić information content (AvgIpc) is 3.11. The number of Topliss-reactive ketones (excluding diaryl/α,β-unsaturated/α-hetero) is 1. The Balaban J connectivity index is 0.000000253. The summed E-state index contributed by atoms with van der Waals surface area (Å²) in [6.45, 7) is 1.50. The van der Waals surface area contributed by atoms with Gasteiger partial charge in [0.2, 0.25) is 0 Å². The van der Waals surface area contributed by atoms with Crippen LogP contribution in [0.2, 0.25) is 0 Å². The van der Waals surface area contributed by atoms with E-state index in [0.717, 1.165) is 11.3 Å². The number of rotatable bonds is 2. The summed E-state index contributed by atoms with van der Waals surface area (Å²) >= 11 is 0. The van der Waals surface area contributed by atoms with Crippen LogP contribution in [0.3, 0.4) is 0 Å². The number of benzene rings is 1. The summed E-state index contributed by atoms with van der Waals surface area (Å²) in [6, 6.07) is 19.6. The van der Waals surface area contributed by atoms with Gasteiger partial charge in [-0.25, -0.2) is 5.26 Å². The van der Waals surface area contributed by atoms with Crippen molar-refractivity contribution >= 4 is 5.78 Å². The van der Waals surface area contributed by atoms with Gasteiger partial charge in [0.15, 0.2) is 0 Å². The molecule has 0 bridgehead atoms. The molecule has 0 aliphatic heterocycles. The summed E-state index contributed by atoms with van der Waals surface area (Å²) in [7, 11) is 0. The minimum Gasteiger partial charge on any atom is -0.661 e. The fraction of sp³-hybridized carbons (Fsp3) is 0.0556. The van der Waals surface area contributed by atoms with Crippen molar-refractivity contribution in [2.45, 2.75) is 6.92 Å². The summed E-state index contributed by atoms with van der Waals surface area (Å²) in [6.07, 6.45) is 3.33. The molecule has 4 nitrogen and oxygen atoms in total. The SMILES string of the molecule is CC(=O)c1ccc[n-]1.N#Cc1[c-]c(-c2ccccn2)ccc1.[Ir]. The molecule has 117 valence electrons. The van der Waals surface area contributed by atoms with Crippen LogP contribution in [0.25, 0.3) is 11.3 Å². The maximum absolute atomic E-state index is 10.4. The molecule has 0 saturated carbocycles. The van der Waals surface area contributed by atoms with Crippen LogP contribution in [0.4, 0.5) is 0 Å². The predicted molar refractivity (Wildman–Crippen MR) is 83.0 cm³/mol. The standard InChI is InChI=1S/C12H7N2.C6H7NO.Ir/c13-9-10-4-3-5-11(8-10)12-6-1-2-7-14-12;1-5(8)6-3-2-4-7-6;/h1-7H;2-4H,1H3,(H,7,8);/q-1;;/p-1. The van der Waals surface area contributed by atoms with E-state index in [1.165, 1.54) is 6.92 Å². The Labute approximate surface area is 148 Å². The molecule has 0 unspecified atom stereocenters. The summed E-state index contributed by atoms with van der Waals surface area (Å²) in [5.41, 5.74) is 2.77. The second-order valence-electron chi connectivity index (χ2n) is 4.38. The maximum Gasteiger partial charge on any atom is 0.138 e. The molecule has 0 spiro atoms. The van der Waals surface area contributed by atoms with Crippen LogP contribution in [0.5, 0.6) is 0 Å². The summed E-state index contributed by atoms with van der Waals surface area (Å²) in [5.74, 6) is 0.0231. The number of hydrogen-bond acceptors (Lipinski definition) is 3. The summed E-state index contributed by atoms with van der Waals surface area (Å²) < 4.78 is 0. The summed E-state index contributed by atoms with van der Waals surface area (Å²) in [4.78, 5) is 18.4. The number of nitrogens with zero attached hydrogens (tertiary/aromatic N) is 3. The van der Waals surface area contributed by atoms with E-state index in [4.69, 9.17) is 5.26 Å². The topological polar surface area (TPSA) is 67.8 Å². The molecule has 1 radical (unpaired) electrons. The molecular formula is C18H13IrN3O-2. The van der Waals surface area contributed by atoms with Gasteiger partial charge in [-0.05, 0) is 19.1 Å². The third-order valence-electron chi connectivity index (χ3n) is 2.77. The van der Waals surface area contributed by atoms with Crippen molar-refractivity contribution in [3.8, 4) is 17.3 Å². The zero-order valence-electron chi connectivity index (χ0n) is 12.4. The first-order valence-corrected chi connectivity index (χ1v) is 6.63. The molecule has 1 aromatic carbocycles. The number of nitriles is 1. The van der Waals surface area contributed by atoms with Gasteiger partial charge in [0.05, 0.1) is 0 Å². The molecule has 0 amide bonds. The zero-order valence-corrected chi connectivity index (χ0v) is 14.8. The van der Waals surface area contributed by atoms with E-state index in [0.29, 0.717) is 11.3 Å². The Morgan fingerprint density at radius 2 is 2.00 bits per heavy atom. The Morgan fingerprint density at radius 1 is 1.17 bits per heavy atom. The fourth-order valence-corrected chi connectivity index (χ4v) is 1.71. The molecule has 0 N–H and O–H groups in total. The smallest absolute Gasteiger partial charge is 0.138 e. The average molecular weight is 480 g/mol. The predicted octanol–water partition coefficient (Wildman–Crippen LogP) is 3.26. The van der Waals surface area contributed by atoms with Gasteiger partial charge in [-0.1, -0.05) is 41.1 Å². The largest absolute Gasteiger partial charge is 0.661 e. The van der Waals surface area contributed by atoms with Crippen LogP contribution in [0.1, 0.15) is 23.0 Å². The molecule has 2 aromatic heterocycles. The van der Waals surface area contributed by atoms with Gasteiger partial charge in [0, 0.05) is 32.0 Å². The van der Waals surface area contributed by atoms with Crippen LogP contribution in [0, 0.1) is 17.4 Å². The first-order chi connectivity index (χ1) is 10.7. The van der Waals surface area contributed by atoms with Crippen LogP contribution in [-0.2, 0) is 20.1 Å². The van der Waals surface area contributed by atoms with Crippen LogP contribution < -0.4 is 4.98 Å². The Bertz CT molecular complexity index is 778. The first-order valence-electron chi connectivity index (χ1n) is 6.63. The Kier molecular flexibility index (Phi) is 7.62.